The van der Waals surface area contributed by atoms with E-state index in [-0.39, 0.29) is 13.2 Å². The van der Waals surface area contributed by atoms with Crippen LogP contribution >= 0.6 is 0 Å². The molecule has 1 aromatic carbocycles. The van der Waals surface area contributed by atoms with Gasteiger partial charge in [0, 0.05) is 20.2 Å². The Morgan fingerprint density at radius 2 is 1.94 bits per heavy atom. The largest absolute Gasteiger partial charge is 0.395 e. The van der Waals surface area contributed by atoms with E-state index in [2.05, 4.69) is 0 Å². The maximum absolute atomic E-state index is 10.6. The van der Waals surface area contributed by atoms with Gasteiger partial charge in [0.25, 0.3) is 0 Å². The number of benzene rings is 1. The number of aliphatic hydroxyl groups excluding tert-OH is 1. The zero-order chi connectivity index (χ0) is 12.7. The van der Waals surface area contributed by atoms with E-state index in [1.807, 2.05) is 42.3 Å². The molecule has 1 rings (SSSR count). The van der Waals surface area contributed by atoms with Crippen LogP contribution in [0.25, 0.3) is 0 Å². The van der Waals surface area contributed by atoms with E-state index >= 15 is 0 Å². The molecule has 0 amide bonds. The number of hydrogen-bond acceptors (Lipinski definition) is 4. The van der Waals surface area contributed by atoms with Gasteiger partial charge in [0.05, 0.1) is 13.2 Å². The van der Waals surface area contributed by atoms with Crippen molar-refractivity contribution >= 4 is 0 Å². The lowest BCUT2D eigenvalue weighted by Crippen LogP contribution is -2.43. The summed E-state index contributed by atoms with van der Waals surface area (Å²) in [6.45, 7) is 1.26. The summed E-state index contributed by atoms with van der Waals surface area (Å²) in [6.07, 6.45) is 0. The molecular formula is C13H21NO3. The second-order valence-corrected chi connectivity index (χ2v) is 4.29. The zero-order valence-electron chi connectivity index (χ0n) is 10.5. The Morgan fingerprint density at radius 1 is 1.29 bits per heavy atom. The Bertz CT molecular complexity index is 318. The number of likely N-dealkylation sites (N-methyl/N-ethyl adjacent to an activating group) is 1. The van der Waals surface area contributed by atoms with Gasteiger partial charge in [-0.3, -0.25) is 0 Å². The number of aliphatic hydroxyl groups is 2. The van der Waals surface area contributed by atoms with Crippen molar-refractivity contribution in [1.29, 1.82) is 0 Å². The minimum atomic E-state index is -1.04. The first-order valence-corrected chi connectivity index (χ1v) is 5.68. The molecule has 0 aliphatic rings. The third-order valence-electron chi connectivity index (χ3n) is 2.71. The molecule has 0 fully saturated rings. The Hall–Kier alpha value is -0.940. The molecule has 4 heteroatoms. The van der Waals surface area contributed by atoms with Gasteiger partial charge in [-0.2, -0.15) is 0 Å². The Balaban J connectivity index is 2.82. The second-order valence-electron chi connectivity index (χ2n) is 4.29. The van der Waals surface area contributed by atoms with Crippen LogP contribution in [0.4, 0.5) is 0 Å². The van der Waals surface area contributed by atoms with Crippen LogP contribution in [0.15, 0.2) is 30.3 Å². The SMILES string of the molecule is COCC(O)(CN(C)CCO)c1ccccc1. The number of hydrogen-bond donors (Lipinski definition) is 2. The van der Waals surface area contributed by atoms with E-state index in [9.17, 15) is 5.11 Å². The van der Waals surface area contributed by atoms with Crippen LogP contribution in [0.1, 0.15) is 5.56 Å². The molecule has 0 saturated heterocycles. The monoisotopic (exact) mass is 239 g/mol. The summed E-state index contributed by atoms with van der Waals surface area (Å²) in [5.74, 6) is 0. The van der Waals surface area contributed by atoms with Crippen molar-refractivity contribution in [3.63, 3.8) is 0 Å². The third-order valence-corrected chi connectivity index (χ3v) is 2.71. The maximum Gasteiger partial charge on any atom is 0.125 e. The zero-order valence-corrected chi connectivity index (χ0v) is 10.5. The van der Waals surface area contributed by atoms with Gasteiger partial charge in [0.1, 0.15) is 5.60 Å². The quantitative estimate of drug-likeness (QED) is 0.725. The predicted octanol–water partition coefficient (Wildman–Crippen LogP) is 0.445. The predicted molar refractivity (Wildman–Crippen MR) is 66.8 cm³/mol. The van der Waals surface area contributed by atoms with Crippen LogP contribution in [0.2, 0.25) is 0 Å². The van der Waals surface area contributed by atoms with Crippen molar-refractivity contribution in [3.05, 3.63) is 35.9 Å². The summed E-state index contributed by atoms with van der Waals surface area (Å²) >= 11 is 0. The minimum Gasteiger partial charge on any atom is -0.395 e. The van der Waals surface area contributed by atoms with Crippen LogP contribution in [0.5, 0.6) is 0 Å². The van der Waals surface area contributed by atoms with E-state index in [1.54, 1.807) is 7.11 Å². The van der Waals surface area contributed by atoms with E-state index in [0.29, 0.717) is 13.1 Å². The summed E-state index contributed by atoms with van der Waals surface area (Å²) in [5.41, 5.74) is -0.216. The number of nitrogens with zero attached hydrogens (tertiary/aromatic N) is 1. The molecule has 1 atom stereocenters. The van der Waals surface area contributed by atoms with Gasteiger partial charge in [-0.1, -0.05) is 30.3 Å². The first-order valence-electron chi connectivity index (χ1n) is 5.68. The van der Waals surface area contributed by atoms with Crippen LogP contribution < -0.4 is 0 Å². The van der Waals surface area contributed by atoms with Crippen molar-refractivity contribution in [1.82, 2.24) is 4.90 Å². The summed E-state index contributed by atoms with van der Waals surface area (Å²) in [7, 11) is 3.43. The fourth-order valence-electron chi connectivity index (χ4n) is 1.90. The Kier molecular flexibility index (Phi) is 5.58. The van der Waals surface area contributed by atoms with Gasteiger partial charge >= 0.3 is 0 Å². The first-order chi connectivity index (χ1) is 8.12. The molecule has 0 radical (unpaired) electrons. The molecule has 4 nitrogen and oxygen atoms in total. The van der Waals surface area contributed by atoms with Crippen LogP contribution in [0.3, 0.4) is 0 Å². The van der Waals surface area contributed by atoms with Crippen LogP contribution in [-0.4, -0.2) is 55.6 Å². The highest BCUT2D eigenvalue weighted by Gasteiger charge is 2.30. The molecule has 0 aliphatic heterocycles. The molecule has 1 aromatic rings. The number of methoxy groups -OCH3 is 1. The van der Waals surface area contributed by atoms with E-state index in [1.165, 1.54) is 0 Å². The third kappa shape index (κ3) is 4.09. The standard InChI is InChI=1S/C13H21NO3/c1-14(8-9-15)10-13(16,11-17-2)12-6-4-3-5-7-12/h3-7,15-16H,8-11H2,1-2H3. The Morgan fingerprint density at radius 3 is 2.47 bits per heavy atom. The fourth-order valence-corrected chi connectivity index (χ4v) is 1.90. The van der Waals surface area contributed by atoms with Crippen molar-refractivity contribution in [2.45, 2.75) is 5.60 Å². The van der Waals surface area contributed by atoms with Gasteiger partial charge < -0.3 is 19.8 Å². The highest BCUT2D eigenvalue weighted by atomic mass is 16.5. The molecule has 0 bridgehead atoms. The second kappa shape index (κ2) is 6.71. The smallest absolute Gasteiger partial charge is 0.125 e. The lowest BCUT2D eigenvalue weighted by molar-refractivity contribution is -0.0557. The van der Waals surface area contributed by atoms with Crippen molar-refractivity contribution in [2.24, 2.45) is 0 Å². The molecule has 0 spiro atoms. The lowest BCUT2D eigenvalue weighted by Gasteiger charge is -2.32. The van der Waals surface area contributed by atoms with Crippen molar-refractivity contribution < 1.29 is 14.9 Å². The first kappa shape index (κ1) is 14.1. The van der Waals surface area contributed by atoms with Crippen LogP contribution in [-0.2, 0) is 10.3 Å². The fraction of sp³-hybridized carbons (Fsp3) is 0.538. The number of ether oxygens (including phenoxy) is 1. The molecule has 0 aliphatic carbocycles. The molecular weight excluding hydrogens is 218 g/mol. The summed E-state index contributed by atoms with van der Waals surface area (Å²) in [5, 5.41) is 19.5. The molecule has 0 saturated carbocycles. The van der Waals surface area contributed by atoms with Gasteiger partial charge in [-0.15, -0.1) is 0 Å². The molecule has 96 valence electrons. The van der Waals surface area contributed by atoms with Gasteiger partial charge in [-0.05, 0) is 12.6 Å². The van der Waals surface area contributed by atoms with E-state index < -0.39 is 5.60 Å². The molecule has 1 unspecified atom stereocenters. The lowest BCUT2D eigenvalue weighted by atomic mass is 9.94. The molecule has 17 heavy (non-hydrogen) atoms. The summed E-state index contributed by atoms with van der Waals surface area (Å²) in [4.78, 5) is 1.88. The van der Waals surface area contributed by atoms with E-state index in [4.69, 9.17) is 9.84 Å². The summed E-state index contributed by atoms with van der Waals surface area (Å²) < 4.78 is 5.10. The summed E-state index contributed by atoms with van der Waals surface area (Å²) in [6, 6.07) is 9.45. The molecule has 0 heterocycles. The average Bonchev–Trinajstić information content (AvgIpc) is 2.30. The van der Waals surface area contributed by atoms with Gasteiger partial charge in [0.15, 0.2) is 0 Å². The highest BCUT2D eigenvalue weighted by Crippen LogP contribution is 2.22. The molecule has 2 N–H and O–H groups in total. The maximum atomic E-state index is 10.6. The van der Waals surface area contributed by atoms with Crippen molar-refractivity contribution in [3.8, 4) is 0 Å². The normalized spacial score (nSPS) is 14.9. The number of rotatable bonds is 7. The van der Waals surface area contributed by atoms with Gasteiger partial charge in [0.2, 0.25) is 0 Å². The highest BCUT2D eigenvalue weighted by molar-refractivity contribution is 5.23. The minimum absolute atomic E-state index is 0.0777. The van der Waals surface area contributed by atoms with Crippen LogP contribution in [0, 0.1) is 0 Å². The average molecular weight is 239 g/mol. The Labute approximate surface area is 102 Å². The topological polar surface area (TPSA) is 52.9 Å². The molecule has 0 aromatic heterocycles. The van der Waals surface area contributed by atoms with Crippen molar-refractivity contribution in [2.75, 3.05) is 40.5 Å². The van der Waals surface area contributed by atoms with Gasteiger partial charge in [-0.25, -0.2) is 0 Å². The van der Waals surface area contributed by atoms with E-state index in [0.717, 1.165) is 5.56 Å².